The van der Waals surface area contributed by atoms with E-state index in [0.717, 1.165) is 0 Å². The molecule has 0 spiro atoms. The van der Waals surface area contributed by atoms with Crippen molar-refractivity contribution < 1.29 is 10.0 Å². The number of aromatic hydroxyl groups is 1. The van der Waals surface area contributed by atoms with Crippen LogP contribution in [0.25, 0.3) is 0 Å². The second kappa shape index (κ2) is 5.13. The van der Waals surface area contributed by atoms with Crippen molar-refractivity contribution in [1.29, 1.82) is 0 Å². The Balaban J connectivity index is 0.000000671. The molecule has 0 bridgehead atoms. The van der Waals surface area contributed by atoms with Gasteiger partial charge in [-0.1, -0.05) is 26.0 Å². The van der Waals surface area contributed by atoms with Gasteiger partial charge in [-0.05, 0) is 13.0 Å². The number of nitro groups is 1. The predicted molar refractivity (Wildman–Crippen MR) is 50.8 cm³/mol. The third-order valence-electron chi connectivity index (χ3n) is 1.40. The second-order valence-electron chi connectivity index (χ2n) is 2.20. The molecule has 0 aliphatic rings. The molecular formula is C9H13NO3. The van der Waals surface area contributed by atoms with Gasteiger partial charge in [-0.25, -0.2) is 0 Å². The van der Waals surface area contributed by atoms with Crippen LogP contribution in [-0.4, -0.2) is 10.0 Å². The average molecular weight is 183 g/mol. The summed E-state index contributed by atoms with van der Waals surface area (Å²) in [6, 6.07) is 4.45. The van der Waals surface area contributed by atoms with E-state index in [4.69, 9.17) is 5.11 Å². The molecule has 0 saturated carbocycles. The highest BCUT2D eigenvalue weighted by Gasteiger charge is 2.14. The van der Waals surface area contributed by atoms with E-state index >= 15 is 0 Å². The first-order chi connectivity index (χ1) is 6.13. The number of hydrogen-bond donors (Lipinski definition) is 1. The zero-order valence-corrected chi connectivity index (χ0v) is 7.94. The highest BCUT2D eigenvalue weighted by molar-refractivity contribution is 5.50. The summed E-state index contributed by atoms with van der Waals surface area (Å²) in [5.41, 5.74) is 0.252. The van der Waals surface area contributed by atoms with Gasteiger partial charge in [0, 0.05) is 5.56 Å². The number of aryl methyl sites for hydroxylation is 1. The molecule has 4 heteroatoms. The number of nitro benzene ring substituents is 1. The van der Waals surface area contributed by atoms with Crippen LogP contribution in [0.3, 0.4) is 0 Å². The number of rotatable bonds is 1. The molecule has 0 fully saturated rings. The number of benzene rings is 1. The Morgan fingerprint density at radius 1 is 1.38 bits per heavy atom. The van der Waals surface area contributed by atoms with Crippen LogP contribution in [0.4, 0.5) is 5.69 Å². The molecule has 0 unspecified atom stereocenters. The molecule has 0 saturated heterocycles. The Kier molecular flexibility index (Phi) is 4.51. The van der Waals surface area contributed by atoms with Crippen LogP contribution in [0, 0.1) is 17.0 Å². The summed E-state index contributed by atoms with van der Waals surface area (Å²) >= 11 is 0. The Bertz CT molecular complexity index is 277. The zero-order chi connectivity index (χ0) is 10.4. The van der Waals surface area contributed by atoms with E-state index in [-0.39, 0.29) is 11.4 Å². The van der Waals surface area contributed by atoms with E-state index in [9.17, 15) is 10.1 Å². The molecule has 0 radical (unpaired) electrons. The first-order valence-electron chi connectivity index (χ1n) is 4.06. The third kappa shape index (κ3) is 2.74. The van der Waals surface area contributed by atoms with E-state index in [1.165, 1.54) is 6.07 Å². The van der Waals surface area contributed by atoms with Crippen LogP contribution in [0.2, 0.25) is 0 Å². The van der Waals surface area contributed by atoms with Crippen LogP contribution in [0.1, 0.15) is 19.4 Å². The maximum Gasteiger partial charge on any atom is 0.313 e. The van der Waals surface area contributed by atoms with Crippen LogP contribution in [0.15, 0.2) is 18.2 Å². The fraction of sp³-hybridized carbons (Fsp3) is 0.333. The van der Waals surface area contributed by atoms with Gasteiger partial charge >= 0.3 is 5.69 Å². The molecule has 13 heavy (non-hydrogen) atoms. The van der Waals surface area contributed by atoms with Crippen molar-refractivity contribution in [3.8, 4) is 5.75 Å². The minimum Gasteiger partial charge on any atom is -0.502 e. The average Bonchev–Trinajstić information content (AvgIpc) is 2.07. The van der Waals surface area contributed by atoms with Crippen molar-refractivity contribution >= 4 is 5.69 Å². The topological polar surface area (TPSA) is 63.4 Å². The lowest BCUT2D eigenvalue weighted by molar-refractivity contribution is -0.386. The lowest BCUT2D eigenvalue weighted by Gasteiger charge is -1.97. The molecule has 0 aliphatic heterocycles. The van der Waals surface area contributed by atoms with Gasteiger partial charge < -0.3 is 5.11 Å². The normalized spacial score (nSPS) is 8.54. The fourth-order valence-corrected chi connectivity index (χ4v) is 0.881. The molecule has 1 aromatic rings. The number of hydrogen-bond acceptors (Lipinski definition) is 3. The maximum absolute atomic E-state index is 10.3. The summed E-state index contributed by atoms with van der Waals surface area (Å²) in [5, 5.41) is 19.3. The van der Waals surface area contributed by atoms with Gasteiger partial charge in [0.25, 0.3) is 0 Å². The van der Waals surface area contributed by atoms with Gasteiger partial charge in [0.1, 0.15) is 0 Å². The quantitative estimate of drug-likeness (QED) is 0.537. The van der Waals surface area contributed by atoms with Crippen molar-refractivity contribution in [2.75, 3.05) is 0 Å². The predicted octanol–water partition coefficient (Wildman–Crippen LogP) is 2.64. The van der Waals surface area contributed by atoms with Gasteiger partial charge in [-0.15, -0.1) is 0 Å². The minimum atomic E-state index is -0.593. The van der Waals surface area contributed by atoms with Gasteiger partial charge in [-0.2, -0.15) is 0 Å². The standard InChI is InChI=1S/C7H7NO3.C2H6/c1-5-3-2-4-6(9)7(5)8(10)11;1-2/h2-4,9H,1H3;1-2H3. The van der Waals surface area contributed by atoms with E-state index in [1.54, 1.807) is 19.1 Å². The van der Waals surface area contributed by atoms with Crippen molar-refractivity contribution in [3.63, 3.8) is 0 Å². The minimum absolute atomic E-state index is 0.215. The zero-order valence-electron chi connectivity index (χ0n) is 7.94. The number of nitrogens with zero attached hydrogens (tertiary/aromatic N) is 1. The van der Waals surface area contributed by atoms with Gasteiger partial charge in [0.05, 0.1) is 4.92 Å². The molecule has 1 aromatic carbocycles. The lowest BCUT2D eigenvalue weighted by Crippen LogP contribution is -1.91. The van der Waals surface area contributed by atoms with Crippen molar-refractivity contribution in [2.24, 2.45) is 0 Å². The number of phenolic OH excluding ortho intramolecular Hbond substituents is 1. The highest BCUT2D eigenvalue weighted by atomic mass is 16.6. The molecule has 0 aliphatic carbocycles. The molecule has 72 valence electrons. The maximum atomic E-state index is 10.3. The molecule has 1 N–H and O–H groups in total. The fourth-order valence-electron chi connectivity index (χ4n) is 0.881. The number of phenols is 1. The van der Waals surface area contributed by atoms with Gasteiger partial charge in [0.2, 0.25) is 0 Å². The van der Waals surface area contributed by atoms with E-state index < -0.39 is 4.92 Å². The largest absolute Gasteiger partial charge is 0.502 e. The van der Waals surface area contributed by atoms with E-state index in [1.807, 2.05) is 13.8 Å². The Morgan fingerprint density at radius 2 is 1.92 bits per heavy atom. The van der Waals surface area contributed by atoms with Gasteiger partial charge in [0.15, 0.2) is 5.75 Å². The Labute approximate surface area is 77.0 Å². The molecule has 4 nitrogen and oxygen atoms in total. The Morgan fingerprint density at radius 3 is 2.23 bits per heavy atom. The molecule has 0 aromatic heterocycles. The second-order valence-corrected chi connectivity index (χ2v) is 2.20. The summed E-state index contributed by atoms with van der Waals surface area (Å²) in [6.45, 7) is 5.58. The lowest BCUT2D eigenvalue weighted by atomic mass is 10.2. The molecular weight excluding hydrogens is 170 g/mol. The monoisotopic (exact) mass is 183 g/mol. The molecule has 1 rings (SSSR count). The van der Waals surface area contributed by atoms with Crippen molar-refractivity contribution in [2.45, 2.75) is 20.8 Å². The van der Waals surface area contributed by atoms with Crippen molar-refractivity contribution in [3.05, 3.63) is 33.9 Å². The molecule has 0 amide bonds. The smallest absolute Gasteiger partial charge is 0.313 e. The molecule has 0 atom stereocenters. The summed E-state index contributed by atoms with van der Waals surface area (Å²) in [7, 11) is 0. The van der Waals surface area contributed by atoms with E-state index in [0.29, 0.717) is 5.56 Å². The van der Waals surface area contributed by atoms with Crippen molar-refractivity contribution in [1.82, 2.24) is 0 Å². The first kappa shape index (κ1) is 11.4. The third-order valence-corrected chi connectivity index (χ3v) is 1.40. The van der Waals surface area contributed by atoms with Crippen LogP contribution in [-0.2, 0) is 0 Å². The van der Waals surface area contributed by atoms with Crippen LogP contribution >= 0.6 is 0 Å². The van der Waals surface area contributed by atoms with E-state index in [2.05, 4.69) is 0 Å². The molecule has 0 heterocycles. The number of para-hydroxylation sites is 1. The summed E-state index contributed by atoms with van der Waals surface area (Å²) in [6.07, 6.45) is 0. The van der Waals surface area contributed by atoms with Crippen LogP contribution < -0.4 is 0 Å². The summed E-state index contributed by atoms with van der Waals surface area (Å²) < 4.78 is 0. The SMILES string of the molecule is CC.Cc1cccc(O)c1[N+](=O)[O-]. The Hall–Kier alpha value is -1.58. The van der Waals surface area contributed by atoms with Crippen LogP contribution in [0.5, 0.6) is 5.75 Å². The van der Waals surface area contributed by atoms with Gasteiger partial charge in [-0.3, -0.25) is 10.1 Å². The highest BCUT2D eigenvalue weighted by Crippen LogP contribution is 2.28. The summed E-state index contributed by atoms with van der Waals surface area (Å²) in [4.78, 5) is 9.70. The summed E-state index contributed by atoms with van der Waals surface area (Å²) in [5.74, 6) is -0.282. The first-order valence-corrected chi connectivity index (χ1v) is 4.06.